The zero-order valence-corrected chi connectivity index (χ0v) is 6.11. The molecule has 1 aromatic heterocycles. The summed E-state index contributed by atoms with van der Waals surface area (Å²) in [6, 6.07) is 0. The smallest absolute Gasteiger partial charge is 0.315 e. The van der Waals surface area contributed by atoms with E-state index in [1.807, 2.05) is 0 Å². The highest BCUT2D eigenvalue weighted by Crippen LogP contribution is 1.93. The van der Waals surface area contributed by atoms with Gasteiger partial charge in [0.2, 0.25) is 5.89 Å². The molecule has 5 heteroatoms. The summed E-state index contributed by atoms with van der Waals surface area (Å²) >= 11 is 0. The average molecular weight is 156 g/mol. The monoisotopic (exact) mass is 156 g/mol. The number of hydrogen-bond acceptors (Lipinski definition) is 5. The molecule has 0 saturated heterocycles. The Hall–Kier alpha value is -1.39. The largest absolute Gasteiger partial charge is 0.466 e. The van der Waals surface area contributed by atoms with Gasteiger partial charge in [0.05, 0.1) is 6.61 Å². The molecule has 0 spiro atoms. The molecular formula is C6H8N2O3. The Morgan fingerprint density at radius 1 is 1.82 bits per heavy atom. The summed E-state index contributed by atoms with van der Waals surface area (Å²) in [6.45, 7) is 2.11. The molecule has 0 aliphatic rings. The van der Waals surface area contributed by atoms with Gasteiger partial charge in [0.15, 0.2) is 6.33 Å². The third-order valence-electron chi connectivity index (χ3n) is 1.01. The van der Waals surface area contributed by atoms with Crippen molar-refractivity contribution in [3.8, 4) is 0 Å². The first-order chi connectivity index (χ1) is 5.33. The second-order valence-electron chi connectivity index (χ2n) is 1.82. The van der Waals surface area contributed by atoms with Crippen molar-refractivity contribution in [2.75, 3.05) is 6.61 Å². The van der Waals surface area contributed by atoms with Crippen LogP contribution in [-0.2, 0) is 16.0 Å². The average Bonchev–Trinajstić information content (AvgIpc) is 2.40. The fourth-order valence-corrected chi connectivity index (χ4v) is 0.609. The lowest BCUT2D eigenvalue weighted by Crippen LogP contribution is -2.07. The predicted molar refractivity (Wildman–Crippen MR) is 34.6 cm³/mol. The van der Waals surface area contributed by atoms with Crippen LogP contribution in [0.5, 0.6) is 0 Å². The van der Waals surface area contributed by atoms with Crippen LogP contribution in [0.3, 0.4) is 0 Å². The van der Waals surface area contributed by atoms with Gasteiger partial charge in [-0.3, -0.25) is 4.79 Å². The number of esters is 1. The Labute approximate surface area is 63.4 Å². The third kappa shape index (κ3) is 2.37. The molecule has 0 bridgehead atoms. The van der Waals surface area contributed by atoms with Gasteiger partial charge in [-0.2, -0.15) is 4.98 Å². The maximum atomic E-state index is 10.8. The number of nitrogens with zero attached hydrogens (tertiary/aromatic N) is 2. The third-order valence-corrected chi connectivity index (χ3v) is 1.01. The van der Waals surface area contributed by atoms with Gasteiger partial charge in [-0.15, -0.1) is 0 Å². The van der Waals surface area contributed by atoms with Gasteiger partial charge in [0.25, 0.3) is 0 Å². The van der Waals surface area contributed by atoms with Crippen LogP contribution < -0.4 is 0 Å². The lowest BCUT2D eigenvalue weighted by Gasteiger charge is -1.95. The van der Waals surface area contributed by atoms with Gasteiger partial charge in [-0.1, -0.05) is 5.16 Å². The van der Waals surface area contributed by atoms with E-state index in [4.69, 9.17) is 0 Å². The number of hydrogen-bond donors (Lipinski definition) is 0. The molecule has 0 N–H and O–H groups in total. The first kappa shape index (κ1) is 7.71. The van der Waals surface area contributed by atoms with Crippen LogP contribution in [0, 0.1) is 0 Å². The molecule has 0 saturated carbocycles. The molecule has 5 nitrogen and oxygen atoms in total. The quantitative estimate of drug-likeness (QED) is 0.584. The molecule has 0 amide bonds. The van der Waals surface area contributed by atoms with E-state index in [0.717, 1.165) is 0 Å². The van der Waals surface area contributed by atoms with E-state index in [0.29, 0.717) is 6.61 Å². The second kappa shape index (κ2) is 3.70. The molecule has 0 fully saturated rings. The zero-order valence-electron chi connectivity index (χ0n) is 6.11. The highest BCUT2D eigenvalue weighted by Gasteiger charge is 2.07. The minimum absolute atomic E-state index is 0.0494. The molecule has 0 aliphatic carbocycles. The van der Waals surface area contributed by atoms with Gasteiger partial charge >= 0.3 is 5.97 Å². The van der Waals surface area contributed by atoms with Crippen molar-refractivity contribution in [1.82, 2.24) is 10.1 Å². The highest BCUT2D eigenvalue weighted by molar-refractivity contribution is 5.71. The summed E-state index contributed by atoms with van der Waals surface area (Å²) in [4.78, 5) is 14.4. The first-order valence-electron chi connectivity index (χ1n) is 3.24. The lowest BCUT2D eigenvalue weighted by atomic mass is 10.4. The van der Waals surface area contributed by atoms with Crippen molar-refractivity contribution < 1.29 is 14.1 Å². The Balaban J connectivity index is 2.37. The van der Waals surface area contributed by atoms with Gasteiger partial charge in [0, 0.05) is 0 Å². The Morgan fingerprint density at radius 2 is 2.64 bits per heavy atom. The van der Waals surface area contributed by atoms with Crippen molar-refractivity contribution in [3.63, 3.8) is 0 Å². The van der Waals surface area contributed by atoms with Gasteiger partial charge in [0.1, 0.15) is 6.42 Å². The van der Waals surface area contributed by atoms with Crippen molar-refractivity contribution in [1.29, 1.82) is 0 Å². The van der Waals surface area contributed by atoms with Gasteiger partial charge in [-0.05, 0) is 6.92 Å². The number of carbonyl (C=O) groups is 1. The summed E-state index contributed by atoms with van der Waals surface area (Å²) in [5, 5.41) is 3.34. The summed E-state index contributed by atoms with van der Waals surface area (Å²) in [6.07, 6.45) is 1.29. The fourth-order valence-electron chi connectivity index (χ4n) is 0.609. The highest BCUT2D eigenvalue weighted by atomic mass is 16.5. The molecule has 0 unspecified atom stereocenters. The molecular weight excluding hydrogens is 148 g/mol. The Kier molecular flexibility index (Phi) is 2.59. The van der Waals surface area contributed by atoms with Crippen molar-refractivity contribution >= 4 is 5.97 Å². The van der Waals surface area contributed by atoms with E-state index in [1.165, 1.54) is 6.33 Å². The van der Waals surface area contributed by atoms with Crippen LogP contribution in [0.25, 0.3) is 0 Å². The van der Waals surface area contributed by atoms with Crippen molar-refractivity contribution in [2.45, 2.75) is 13.3 Å². The summed E-state index contributed by atoms with van der Waals surface area (Å²) in [5.41, 5.74) is 0. The minimum atomic E-state index is -0.350. The van der Waals surface area contributed by atoms with E-state index >= 15 is 0 Å². The summed E-state index contributed by atoms with van der Waals surface area (Å²) in [5.74, 6) is -0.0693. The first-order valence-corrected chi connectivity index (χ1v) is 3.24. The molecule has 11 heavy (non-hydrogen) atoms. The van der Waals surface area contributed by atoms with Crippen molar-refractivity contribution in [3.05, 3.63) is 12.2 Å². The topological polar surface area (TPSA) is 65.2 Å². The predicted octanol–water partition coefficient (Wildman–Crippen LogP) is 0.175. The van der Waals surface area contributed by atoms with Crippen LogP contribution in [0.1, 0.15) is 12.8 Å². The molecule has 1 aromatic rings. The summed E-state index contributed by atoms with van der Waals surface area (Å²) < 4.78 is 9.24. The normalized spacial score (nSPS) is 9.55. The lowest BCUT2D eigenvalue weighted by molar-refractivity contribution is -0.142. The molecule has 0 aromatic carbocycles. The van der Waals surface area contributed by atoms with E-state index in [-0.39, 0.29) is 18.3 Å². The fraction of sp³-hybridized carbons (Fsp3) is 0.500. The van der Waals surface area contributed by atoms with Crippen molar-refractivity contribution in [2.24, 2.45) is 0 Å². The molecule has 0 aliphatic heterocycles. The van der Waals surface area contributed by atoms with Gasteiger partial charge in [-0.25, -0.2) is 0 Å². The van der Waals surface area contributed by atoms with Crippen LogP contribution in [0.15, 0.2) is 10.9 Å². The Bertz CT molecular complexity index is 220. The number of ether oxygens (including phenoxy) is 1. The van der Waals surface area contributed by atoms with E-state index < -0.39 is 0 Å². The second-order valence-corrected chi connectivity index (χ2v) is 1.82. The van der Waals surface area contributed by atoms with E-state index in [2.05, 4.69) is 19.4 Å². The minimum Gasteiger partial charge on any atom is -0.466 e. The zero-order chi connectivity index (χ0) is 8.10. The molecule has 0 atom stereocenters. The standard InChI is InChI=1S/C6H8N2O3/c1-2-10-6(9)3-5-7-4-8-11-5/h4H,2-3H2,1H3. The van der Waals surface area contributed by atoms with E-state index in [1.54, 1.807) is 6.92 Å². The van der Waals surface area contributed by atoms with Crippen LogP contribution in [0.4, 0.5) is 0 Å². The van der Waals surface area contributed by atoms with Crippen LogP contribution >= 0.6 is 0 Å². The molecule has 1 rings (SSSR count). The summed E-state index contributed by atoms with van der Waals surface area (Å²) in [7, 11) is 0. The molecule has 60 valence electrons. The molecule has 0 radical (unpaired) electrons. The van der Waals surface area contributed by atoms with E-state index in [9.17, 15) is 4.79 Å². The SMILES string of the molecule is CCOC(=O)Cc1ncno1. The number of carbonyl (C=O) groups excluding carboxylic acids is 1. The number of aromatic nitrogens is 2. The van der Waals surface area contributed by atoms with Gasteiger partial charge < -0.3 is 9.26 Å². The maximum Gasteiger partial charge on any atom is 0.315 e. The van der Waals surface area contributed by atoms with Crippen LogP contribution in [-0.4, -0.2) is 22.7 Å². The molecule has 1 heterocycles. The maximum absolute atomic E-state index is 10.8. The Morgan fingerprint density at radius 3 is 3.18 bits per heavy atom. The van der Waals surface area contributed by atoms with Crippen LogP contribution in [0.2, 0.25) is 0 Å². The number of rotatable bonds is 3.